The number of hydrogen-bond acceptors (Lipinski definition) is 5. The molecule has 6 nitrogen and oxygen atoms in total. The van der Waals surface area contributed by atoms with Gasteiger partial charge < -0.3 is 19.1 Å². The third kappa shape index (κ3) is 3.77. The van der Waals surface area contributed by atoms with Crippen LogP contribution in [0, 0.1) is 6.92 Å². The molecule has 31 heavy (non-hydrogen) atoms. The number of amides is 1. The standard InChI is InChI=1S/C25H26N2O4/c1-17-3-8-22-20(15-17)21(16-23(26-22)18-4-6-19(29-2)7-5-18)24(28)27-11-9-25(10-12-27)30-13-14-31-25/h3-8,15-16H,9-14H2,1-2H3. The number of pyridine rings is 1. The molecule has 0 N–H and O–H groups in total. The van der Waals surface area contributed by atoms with E-state index in [0.29, 0.717) is 44.7 Å². The van der Waals surface area contributed by atoms with Gasteiger partial charge in [0.1, 0.15) is 5.75 Å². The Morgan fingerprint density at radius 1 is 1.03 bits per heavy atom. The summed E-state index contributed by atoms with van der Waals surface area (Å²) in [6.45, 7) is 4.53. The van der Waals surface area contributed by atoms with Gasteiger partial charge in [-0.3, -0.25) is 4.79 Å². The molecule has 5 rings (SSSR count). The van der Waals surface area contributed by atoms with E-state index in [1.165, 1.54) is 0 Å². The van der Waals surface area contributed by atoms with Crippen LogP contribution in [0.1, 0.15) is 28.8 Å². The van der Waals surface area contributed by atoms with Crippen LogP contribution < -0.4 is 4.74 Å². The van der Waals surface area contributed by atoms with Crippen LogP contribution in [0.4, 0.5) is 0 Å². The van der Waals surface area contributed by atoms with Crippen molar-refractivity contribution in [2.24, 2.45) is 0 Å². The maximum absolute atomic E-state index is 13.6. The van der Waals surface area contributed by atoms with Crippen molar-refractivity contribution in [2.45, 2.75) is 25.6 Å². The topological polar surface area (TPSA) is 60.9 Å². The SMILES string of the molecule is COc1ccc(-c2cc(C(=O)N3CCC4(CC3)OCCO4)c3cc(C)ccc3n2)cc1. The Hall–Kier alpha value is -2.96. The van der Waals surface area contributed by atoms with E-state index < -0.39 is 5.79 Å². The number of rotatable bonds is 3. The average molecular weight is 418 g/mol. The number of methoxy groups -OCH3 is 1. The molecule has 0 radical (unpaired) electrons. The second-order valence-electron chi connectivity index (χ2n) is 8.20. The first-order valence-electron chi connectivity index (χ1n) is 10.7. The predicted molar refractivity (Wildman–Crippen MR) is 118 cm³/mol. The van der Waals surface area contributed by atoms with Crippen molar-refractivity contribution in [3.05, 3.63) is 59.7 Å². The Bertz CT molecular complexity index is 1110. The van der Waals surface area contributed by atoms with E-state index in [0.717, 1.165) is 33.5 Å². The maximum Gasteiger partial charge on any atom is 0.254 e. The molecule has 3 aromatic rings. The van der Waals surface area contributed by atoms with Crippen molar-refractivity contribution in [1.82, 2.24) is 9.88 Å². The highest BCUT2D eigenvalue weighted by molar-refractivity contribution is 6.07. The minimum Gasteiger partial charge on any atom is -0.497 e. The normalized spacial score (nSPS) is 17.9. The van der Waals surface area contributed by atoms with Gasteiger partial charge in [0.2, 0.25) is 0 Å². The molecule has 1 aromatic heterocycles. The fourth-order valence-electron chi connectivity index (χ4n) is 4.43. The van der Waals surface area contributed by atoms with Gasteiger partial charge in [0.25, 0.3) is 5.91 Å². The molecule has 0 atom stereocenters. The van der Waals surface area contributed by atoms with Gasteiger partial charge in [-0.15, -0.1) is 0 Å². The lowest BCUT2D eigenvalue weighted by atomic mass is 9.99. The van der Waals surface area contributed by atoms with E-state index in [1.807, 2.05) is 60.4 Å². The predicted octanol–water partition coefficient (Wildman–Crippen LogP) is 4.20. The zero-order valence-corrected chi connectivity index (χ0v) is 17.9. The van der Waals surface area contributed by atoms with E-state index in [2.05, 4.69) is 0 Å². The highest BCUT2D eigenvalue weighted by Crippen LogP contribution is 2.33. The number of ether oxygens (including phenoxy) is 3. The van der Waals surface area contributed by atoms with Crippen LogP contribution in [0.5, 0.6) is 5.75 Å². The third-order valence-corrected chi connectivity index (χ3v) is 6.21. The molecule has 1 amide bonds. The summed E-state index contributed by atoms with van der Waals surface area (Å²) in [5.74, 6) is 0.317. The Labute approximate surface area is 181 Å². The third-order valence-electron chi connectivity index (χ3n) is 6.21. The summed E-state index contributed by atoms with van der Waals surface area (Å²) in [6.07, 6.45) is 1.40. The quantitative estimate of drug-likeness (QED) is 0.638. The van der Waals surface area contributed by atoms with Crippen molar-refractivity contribution in [3.63, 3.8) is 0 Å². The monoisotopic (exact) mass is 418 g/mol. The Balaban J connectivity index is 1.51. The molecule has 2 fully saturated rings. The number of piperidine rings is 1. The smallest absolute Gasteiger partial charge is 0.254 e. The van der Waals surface area contributed by atoms with E-state index in [1.54, 1.807) is 7.11 Å². The van der Waals surface area contributed by atoms with Gasteiger partial charge in [-0.05, 0) is 49.4 Å². The van der Waals surface area contributed by atoms with Crippen LogP contribution >= 0.6 is 0 Å². The van der Waals surface area contributed by atoms with Gasteiger partial charge in [0.05, 0.1) is 37.1 Å². The summed E-state index contributed by atoms with van der Waals surface area (Å²) < 4.78 is 16.9. The second-order valence-corrected chi connectivity index (χ2v) is 8.20. The number of aromatic nitrogens is 1. The molecule has 2 aromatic carbocycles. The zero-order valence-electron chi connectivity index (χ0n) is 17.9. The molecule has 2 saturated heterocycles. The first kappa shape index (κ1) is 20.0. The molecule has 0 aliphatic carbocycles. The molecule has 2 aliphatic heterocycles. The van der Waals surface area contributed by atoms with Gasteiger partial charge >= 0.3 is 0 Å². The van der Waals surface area contributed by atoms with Gasteiger partial charge in [0, 0.05) is 36.9 Å². The highest BCUT2D eigenvalue weighted by Gasteiger charge is 2.41. The molecule has 0 unspecified atom stereocenters. The maximum atomic E-state index is 13.6. The number of hydrogen-bond donors (Lipinski definition) is 0. The lowest BCUT2D eigenvalue weighted by molar-refractivity contribution is -0.181. The lowest BCUT2D eigenvalue weighted by Gasteiger charge is -2.37. The Morgan fingerprint density at radius 2 is 1.74 bits per heavy atom. The molecular weight excluding hydrogens is 392 g/mol. The van der Waals surface area contributed by atoms with Crippen molar-refractivity contribution in [2.75, 3.05) is 33.4 Å². The largest absolute Gasteiger partial charge is 0.497 e. The summed E-state index contributed by atoms with van der Waals surface area (Å²) in [5, 5.41) is 0.885. The van der Waals surface area contributed by atoms with Crippen LogP contribution in [-0.2, 0) is 9.47 Å². The highest BCUT2D eigenvalue weighted by atomic mass is 16.7. The Morgan fingerprint density at radius 3 is 2.42 bits per heavy atom. The molecule has 6 heteroatoms. The average Bonchev–Trinajstić information content (AvgIpc) is 3.26. The number of benzene rings is 2. The fourth-order valence-corrected chi connectivity index (χ4v) is 4.43. The number of aryl methyl sites for hydroxylation is 1. The van der Waals surface area contributed by atoms with Crippen molar-refractivity contribution in [3.8, 4) is 17.0 Å². The number of fused-ring (bicyclic) bond motifs is 1. The zero-order chi connectivity index (χ0) is 21.4. The van der Waals surface area contributed by atoms with Crippen molar-refractivity contribution < 1.29 is 19.0 Å². The first-order valence-corrected chi connectivity index (χ1v) is 10.7. The second kappa shape index (κ2) is 7.94. The summed E-state index contributed by atoms with van der Waals surface area (Å²) in [4.78, 5) is 20.4. The van der Waals surface area contributed by atoms with E-state index in [9.17, 15) is 4.79 Å². The minimum atomic E-state index is -0.498. The molecule has 2 aliphatic rings. The van der Waals surface area contributed by atoms with E-state index in [4.69, 9.17) is 19.2 Å². The summed E-state index contributed by atoms with van der Waals surface area (Å²) in [5.41, 5.74) is 4.33. The minimum absolute atomic E-state index is 0.0283. The van der Waals surface area contributed by atoms with Crippen LogP contribution in [-0.4, -0.2) is 55.0 Å². The van der Waals surface area contributed by atoms with Gasteiger partial charge in [-0.1, -0.05) is 11.6 Å². The van der Waals surface area contributed by atoms with Gasteiger partial charge in [-0.2, -0.15) is 0 Å². The van der Waals surface area contributed by atoms with Crippen LogP contribution in [0.3, 0.4) is 0 Å². The van der Waals surface area contributed by atoms with Gasteiger partial charge in [-0.25, -0.2) is 4.98 Å². The van der Waals surface area contributed by atoms with Crippen LogP contribution in [0.25, 0.3) is 22.2 Å². The fraction of sp³-hybridized carbons (Fsp3) is 0.360. The molecular formula is C25H26N2O4. The Kier molecular flexibility index (Phi) is 5.12. The molecule has 1 spiro atoms. The van der Waals surface area contributed by atoms with Crippen LogP contribution in [0.15, 0.2) is 48.5 Å². The first-order chi connectivity index (χ1) is 15.1. The summed E-state index contributed by atoms with van der Waals surface area (Å²) >= 11 is 0. The molecule has 0 bridgehead atoms. The lowest BCUT2D eigenvalue weighted by Crippen LogP contribution is -2.47. The van der Waals surface area contributed by atoms with Crippen LogP contribution in [0.2, 0.25) is 0 Å². The number of nitrogens with zero attached hydrogens (tertiary/aromatic N) is 2. The molecule has 0 saturated carbocycles. The molecule has 3 heterocycles. The van der Waals surface area contributed by atoms with Gasteiger partial charge in [0.15, 0.2) is 5.79 Å². The number of carbonyl (C=O) groups excluding carboxylic acids is 1. The van der Waals surface area contributed by atoms with Crippen molar-refractivity contribution in [1.29, 1.82) is 0 Å². The summed E-state index contributed by atoms with van der Waals surface area (Å²) in [6, 6.07) is 15.7. The van der Waals surface area contributed by atoms with E-state index in [-0.39, 0.29) is 5.91 Å². The van der Waals surface area contributed by atoms with Crippen molar-refractivity contribution >= 4 is 16.8 Å². The molecule has 160 valence electrons. The van der Waals surface area contributed by atoms with E-state index >= 15 is 0 Å². The summed E-state index contributed by atoms with van der Waals surface area (Å²) in [7, 11) is 1.65. The number of likely N-dealkylation sites (tertiary alicyclic amines) is 1. The number of carbonyl (C=O) groups is 1.